The number of carboxylic acids is 1. The highest BCUT2D eigenvalue weighted by molar-refractivity contribution is 5.87. The van der Waals surface area contributed by atoms with Gasteiger partial charge in [0.15, 0.2) is 6.29 Å². The van der Waals surface area contributed by atoms with Gasteiger partial charge < -0.3 is 14.6 Å². The van der Waals surface area contributed by atoms with E-state index in [0.717, 1.165) is 25.9 Å². The van der Waals surface area contributed by atoms with Gasteiger partial charge in [0, 0.05) is 6.42 Å². The first-order chi connectivity index (χ1) is 7.75. The van der Waals surface area contributed by atoms with Gasteiger partial charge in [-0.2, -0.15) is 0 Å². The summed E-state index contributed by atoms with van der Waals surface area (Å²) < 4.78 is 11.0. The molecule has 16 heavy (non-hydrogen) atoms. The van der Waals surface area contributed by atoms with Crippen LogP contribution in [0.15, 0.2) is 24.3 Å². The molecule has 1 aliphatic heterocycles. The van der Waals surface area contributed by atoms with Crippen LogP contribution < -0.4 is 4.74 Å². The Labute approximate surface area is 93.8 Å². The molecule has 0 unspecified atom stereocenters. The van der Waals surface area contributed by atoms with E-state index >= 15 is 0 Å². The van der Waals surface area contributed by atoms with E-state index in [1.54, 1.807) is 12.1 Å². The fraction of sp³-hybridized carbons (Fsp3) is 0.417. The van der Waals surface area contributed by atoms with Crippen molar-refractivity contribution in [2.45, 2.75) is 25.6 Å². The minimum Gasteiger partial charge on any atom is -0.478 e. The number of benzene rings is 1. The molecule has 1 saturated heterocycles. The van der Waals surface area contributed by atoms with Crippen molar-refractivity contribution >= 4 is 5.97 Å². The first-order valence-corrected chi connectivity index (χ1v) is 5.37. The molecule has 1 N–H and O–H groups in total. The van der Waals surface area contributed by atoms with E-state index in [1.807, 2.05) is 0 Å². The summed E-state index contributed by atoms with van der Waals surface area (Å²) in [5, 5.41) is 8.73. The van der Waals surface area contributed by atoms with Crippen LogP contribution in [0.4, 0.5) is 0 Å². The summed E-state index contributed by atoms with van der Waals surface area (Å²) in [6.07, 6.45) is 2.89. The number of hydrogen-bond donors (Lipinski definition) is 1. The smallest absolute Gasteiger partial charge is 0.335 e. The molecular formula is C12H14O4. The first-order valence-electron chi connectivity index (χ1n) is 5.37. The van der Waals surface area contributed by atoms with Gasteiger partial charge in [-0.1, -0.05) is 0 Å². The summed E-state index contributed by atoms with van der Waals surface area (Å²) >= 11 is 0. The fourth-order valence-electron chi connectivity index (χ4n) is 1.63. The SMILES string of the molecule is O=C(O)c1ccc(O[C@@H]2CCCCO2)cc1. The van der Waals surface area contributed by atoms with Crippen molar-refractivity contribution in [3.63, 3.8) is 0 Å². The lowest BCUT2D eigenvalue weighted by Gasteiger charge is -2.23. The Morgan fingerprint density at radius 2 is 2.06 bits per heavy atom. The highest BCUT2D eigenvalue weighted by atomic mass is 16.7. The van der Waals surface area contributed by atoms with E-state index in [2.05, 4.69) is 0 Å². The molecule has 0 bridgehead atoms. The number of hydrogen-bond acceptors (Lipinski definition) is 3. The molecule has 0 radical (unpaired) electrons. The third kappa shape index (κ3) is 2.73. The van der Waals surface area contributed by atoms with Gasteiger partial charge in [-0.25, -0.2) is 4.79 Å². The van der Waals surface area contributed by atoms with Gasteiger partial charge in [-0.3, -0.25) is 0 Å². The highest BCUT2D eigenvalue weighted by Gasteiger charge is 2.15. The Balaban J connectivity index is 1.96. The Bertz CT molecular complexity index is 352. The van der Waals surface area contributed by atoms with Crippen molar-refractivity contribution < 1.29 is 19.4 Å². The van der Waals surface area contributed by atoms with Gasteiger partial charge in [-0.15, -0.1) is 0 Å². The van der Waals surface area contributed by atoms with Crippen LogP contribution in [0.1, 0.15) is 29.6 Å². The molecule has 1 aromatic rings. The Morgan fingerprint density at radius 1 is 1.31 bits per heavy atom. The molecule has 2 rings (SSSR count). The summed E-state index contributed by atoms with van der Waals surface area (Å²) in [6.45, 7) is 0.734. The maximum atomic E-state index is 10.6. The monoisotopic (exact) mass is 222 g/mol. The predicted molar refractivity (Wildman–Crippen MR) is 57.6 cm³/mol. The average molecular weight is 222 g/mol. The zero-order chi connectivity index (χ0) is 11.4. The van der Waals surface area contributed by atoms with Crippen LogP contribution >= 0.6 is 0 Å². The van der Waals surface area contributed by atoms with Crippen LogP contribution in [0.2, 0.25) is 0 Å². The second-order valence-electron chi connectivity index (χ2n) is 3.74. The normalized spacial score (nSPS) is 20.4. The minimum absolute atomic E-state index is 0.190. The van der Waals surface area contributed by atoms with Crippen LogP contribution in [0, 0.1) is 0 Å². The van der Waals surface area contributed by atoms with Crippen molar-refractivity contribution in [3.8, 4) is 5.75 Å². The number of carboxylic acid groups (broad SMARTS) is 1. The molecule has 0 amide bonds. The van der Waals surface area contributed by atoms with Gasteiger partial charge in [0.25, 0.3) is 0 Å². The zero-order valence-corrected chi connectivity index (χ0v) is 8.89. The number of aromatic carboxylic acids is 1. The van der Waals surface area contributed by atoms with E-state index in [9.17, 15) is 4.79 Å². The molecule has 0 spiro atoms. The average Bonchev–Trinajstić information content (AvgIpc) is 2.31. The molecule has 86 valence electrons. The summed E-state index contributed by atoms with van der Waals surface area (Å²) in [5.74, 6) is -0.280. The van der Waals surface area contributed by atoms with Crippen LogP contribution in [0.3, 0.4) is 0 Å². The predicted octanol–water partition coefficient (Wildman–Crippen LogP) is 2.29. The Hall–Kier alpha value is -1.55. The van der Waals surface area contributed by atoms with E-state index in [4.69, 9.17) is 14.6 Å². The van der Waals surface area contributed by atoms with E-state index in [-0.39, 0.29) is 11.9 Å². The van der Waals surface area contributed by atoms with Crippen LogP contribution in [-0.2, 0) is 4.74 Å². The van der Waals surface area contributed by atoms with E-state index in [0.29, 0.717) is 5.75 Å². The van der Waals surface area contributed by atoms with Gasteiger partial charge in [0.1, 0.15) is 5.75 Å². The largest absolute Gasteiger partial charge is 0.478 e. The van der Waals surface area contributed by atoms with Gasteiger partial charge >= 0.3 is 5.97 Å². The zero-order valence-electron chi connectivity index (χ0n) is 8.89. The standard InChI is InChI=1S/C12H14O4/c13-12(14)9-4-6-10(7-5-9)16-11-3-1-2-8-15-11/h4-7,11H,1-3,8H2,(H,13,14)/t11-/m1/s1. The summed E-state index contributed by atoms with van der Waals surface area (Å²) in [4.78, 5) is 10.6. The van der Waals surface area contributed by atoms with Crippen molar-refractivity contribution in [3.05, 3.63) is 29.8 Å². The van der Waals surface area contributed by atoms with Gasteiger partial charge in [-0.05, 0) is 37.1 Å². The number of rotatable bonds is 3. The van der Waals surface area contributed by atoms with Crippen molar-refractivity contribution in [1.29, 1.82) is 0 Å². The second-order valence-corrected chi connectivity index (χ2v) is 3.74. The topological polar surface area (TPSA) is 55.8 Å². The third-order valence-electron chi connectivity index (χ3n) is 2.51. The quantitative estimate of drug-likeness (QED) is 0.852. The van der Waals surface area contributed by atoms with Gasteiger partial charge in [0.05, 0.1) is 12.2 Å². The van der Waals surface area contributed by atoms with Crippen molar-refractivity contribution in [2.75, 3.05) is 6.61 Å². The van der Waals surface area contributed by atoms with E-state index in [1.165, 1.54) is 12.1 Å². The maximum Gasteiger partial charge on any atom is 0.335 e. The fourth-order valence-corrected chi connectivity index (χ4v) is 1.63. The summed E-state index contributed by atoms with van der Waals surface area (Å²) in [6, 6.07) is 6.36. The van der Waals surface area contributed by atoms with E-state index < -0.39 is 5.97 Å². The molecule has 0 saturated carbocycles. The Kier molecular flexibility index (Phi) is 3.41. The Morgan fingerprint density at radius 3 is 2.62 bits per heavy atom. The van der Waals surface area contributed by atoms with Crippen LogP contribution in [0.5, 0.6) is 5.75 Å². The second kappa shape index (κ2) is 4.99. The first kappa shape index (κ1) is 11.0. The molecule has 1 atom stereocenters. The summed E-state index contributed by atoms with van der Waals surface area (Å²) in [7, 11) is 0. The molecule has 1 aliphatic rings. The van der Waals surface area contributed by atoms with Crippen molar-refractivity contribution in [2.24, 2.45) is 0 Å². The molecule has 1 fully saturated rings. The highest BCUT2D eigenvalue weighted by Crippen LogP contribution is 2.19. The lowest BCUT2D eigenvalue weighted by atomic mass is 10.2. The third-order valence-corrected chi connectivity index (χ3v) is 2.51. The molecule has 1 heterocycles. The number of ether oxygens (including phenoxy) is 2. The van der Waals surface area contributed by atoms with Crippen LogP contribution in [-0.4, -0.2) is 24.0 Å². The van der Waals surface area contributed by atoms with Crippen molar-refractivity contribution in [1.82, 2.24) is 0 Å². The summed E-state index contributed by atoms with van der Waals surface area (Å²) in [5.41, 5.74) is 0.261. The lowest BCUT2D eigenvalue weighted by Crippen LogP contribution is -2.24. The molecule has 0 aliphatic carbocycles. The molecule has 4 nitrogen and oxygen atoms in total. The molecule has 0 aromatic heterocycles. The van der Waals surface area contributed by atoms with Gasteiger partial charge in [0.2, 0.25) is 0 Å². The lowest BCUT2D eigenvalue weighted by molar-refractivity contribution is -0.105. The van der Waals surface area contributed by atoms with Crippen LogP contribution in [0.25, 0.3) is 0 Å². The maximum absolute atomic E-state index is 10.6. The molecule has 4 heteroatoms. The molecule has 1 aromatic carbocycles. The minimum atomic E-state index is -0.930. The number of carbonyl (C=O) groups is 1. The molecular weight excluding hydrogens is 208 g/mol.